The second kappa shape index (κ2) is 6.57. The second-order valence-corrected chi connectivity index (χ2v) is 5.54. The van der Waals surface area contributed by atoms with E-state index in [-0.39, 0.29) is 5.91 Å². The fourth-order valence-corrected chi connectivity index (χ4v) is 2.42. The number of anilines is 1. The Morgan fingerprint density at radius 2 is 2.13 bits per heavy atom. The van der Waals surface area contributed by atoms with E-state index in [1.54, 1.807) is 23.0 Å². The van der Waals surface area contributed by atoms with Crippen LogP contribution >= 0.6 is 11.8 Å². The molecule has 1 aromatic carbocycles. The van der Waals surface area contributed by atoms with Gasteiger partial charge in [0.25, 0.3) is 5.91 Å². The first kappa shape index (κ1) is 15.2. The lowest BCUT2D eigenvalue weighted by molar-refractivity contribution is 0.102. The van der Waals surface area contributed by atoms with Crippen molar-refractivity contribution >= 4 is 23.4 Å². The predicted octanol–water partition coefficient (Wildman–Crippen LogP) is 2.34. The highest BCUT2D eigenvalue weighted by atomic mass is 32.2. The molecule has 0 aliphatic rings. The van der Waals surface area contributed by atoms with Gasteiger partial charge in [-0.15, -0.1) is 5.10 Å². The number of carbonyl (C=O) groups is 1. The Morgan fingerprint density at radius 1 is 1.26 bits per heavy atom. The molecule has 0 aliphatic carbocycles. The van der Waals surface area contributed by atoms with Crippen molar-refractivity contribution in [2.45, 2.75) is 12.1 Å². The number of carbonyl (C=O) groups excluding carboxylic acids is 1. The van der Waals surface area contributed by atoms with Gasteiger partial charge in [-0.25, -0.2) is 0 Å². The van der Waals surface area contributed by atoms with Crippen LogP contribution in [-0.4, -0.2) is 37.4 Å². The van der Waals surface area contributed by atoms with E-state index in [4.69, 9.17) is 0 Å². The van der Waals surface area contributed by atoms with Gasteiger partial charge in [-0.3, -0.25) is 9.78 Å². The summed E-state index contributed by atoms with van der Waals surface area (Å²) in [6.07, 6.45) is 3.46. The van der Waals surface area contributed by atoms with Gasteiger partial charge in [-0.2, -0.15) is 4.68 Å². The lowest BCUT2D eigenvalue weighted by atomic mass is 10.2. The van der Waals surface area contributed by atoms with Crippen molar-refractivity contribution in [1.82, 2.24) is 25.2 Å². The Kier molecular flexibility index (Phi) is 4.33. The van der Waals surface area contributed by atoms with E-state index in [1.165, 1.54) is 11.8 Å². The molecule has 0 fully saturated rings. The van der Waals surface area contributed by atoms with E-state index in [9.17, 15) is 4.79 Å². The molecule has 0 aliphatic heterocycles. The molecule has 0 saturated heterocycles. The molecule has 1 N–H and O–H groups in total. The molecule has 2 aromatic heterocycles. The number of rotatable bonds is 4. The molecule has 23 heavy (non-hydrogen) atoms. The Morgan fingerprint density at radius 3 is 2.87 bits per heavy atom. The topological polar surface area (TPSA) is 85.6 Å². The molecule has 7 nitrogen and oxygen atoms in total. The molecule has 0 spiro atoms. The monoisotopic (exact) mass is 326 g/mol. The lowest BCUT2D eigenvalue weighted by Gasteiger charge is -2.08. The standard InChI is InChI=1S/C15H14N6OS/c1-10-6-7-11(9-16-10)14(22)17-12-4-3-5-13(8-12)21-15(23-2)18-19-20-21/h3-9H,1-2H3,(H,17,22). The van der Waals surface area contributed by atoms with Gasteiger partial charge in [-0.05, 0) is 53.9 Å². The Balaban J connectivity index is 1.83. The van der Waals surface area contributed by atoms with E-state index in [2.05, 4.69) is 25.8 Å². The third kappa shape index (κ3) is 3.37. The fraction of sp³-hybridized carbons (Fsp3) is 0.133. The van der Waals surface area contributed by atoms with E-state index in [0.29, 0.717) is 16.4 Å². The van der Waals surface area contributed by atoms with Gasteiger partial charge >= 0.3 is 0 Å². The van der Waals surface area contributed by atoms with Crippen LogP contribution in [0.3, 0.4) is 0 Å². The first-order valence-corrected chi connectivity index (χ1v) is 8.06. The average Bonchev–Trinajstić information content (AvgIpc) is 3.04. The number of pyridine rings is 1. The minimum Gasteiger partial charge on any atom is -0.322 e. The van der Waals surface area contributed by atoms with Crippen molar-refractivity contribution in [2.24, 2.45) is 0 Å². The van der Waals surface area contributed by atoms with E-state index in [1.807, 2.05) is 37.4 Å². The summed E-state index contributed by atoms with van der Waals surface area (Å²) in [4.78, 5) is 16.4. The summed E-state index contributed by atoms with van der Waals surface area (Å²) in [6, 6.07) is 10.9. The van der Waals surface area contributed by atoms with E-state index >= 15 is 0 Å². The third-order valence-electron chi connectivity index (χ3n) is 3.15. The number of benzene rings is 1. The maximum absolute atomic E-state index is 12.2. The van der Waals surface area contributed by atoms with Crippen molar-refractivity contribution in [3.8, 4) is 5.69 Å². The van der Waals surface area contributed by atoms with E-state index < -0.39 is 0 Å². The molecule has 0 unspecified atom stereocenters. The van der Waals surface area contributed by atoms with Crippen LogP contribution in [0.5, 0.6) is 0 Å². The maximum Gasteiger partial charge on any atom is 0.257 e. The SMILES string of the molecule is CSc1nnnn1-c1cccc(NC(=O)c2ccc(C)nc2)c1. The maximum atomic E-state index is 12.2. The number of amides is 1. The third-order valence-corrected chi connectivity index (χ3v) is 3.77. The normalized spacial score (nSPS) is 10.5. The predicted molar refractivity (Wildman–Crippen MR) is 87.9 cm³/mol. The highest BCUT2D eigenvalue weighted by Crippen LogP contribution is 2.19. The lowest BCUT2D eigenvalue weighted by Crippen LogP contribution is -2.12. The summed E-state index contributed by atoms with van der Waals surface area (Å²) in [5.74, 6) is -0.212. The van der Waals surface area contributed by atoms with Gasteiger partial charge in [-0.1, -0.05) is 17.8 Å². The molecule has 2 heterocycles. The van der Waals surface area contributed by atoms with Crippen LogP contribution in [0.25, 0.3) is 5.69 Å². The van der Waals surface area contributed by atoms with Gasteiger partial charge in [0.2, 0.25) is 5.16 Å². The largest absolute Gasteiger partial charge is 0.322 e. The van der Waals surface area contributed by atoms with Gasteiger partial charge in [0.1, 0.15) is 0 Å². The van der Waals surface area contributed by atoms with Crippen LogP contribution in [0.15, 0.2) is 47.8 Å². The number of aromatic nitrogens is 5. The van der Waals surface area contributed by atoms with Gasteiger partial charge in [0.05, 0.1) is 11.3 Å². The van der Waals surface area contributed by atoms with Crippen molar-refractivity contribution in [2.75, 3.05) is 11.6 Å². The number of nitrogens with zero attached hydrogens (tertiary/aromatic N) is 5. The number of thioether (sulfide) groups is 1. The Labute approximate surface area is 137 Å². The summed E-state index contributed by atoms with van der Waals surface area (Å²) >= 11 is 1.45. The first-order valence-electron chi connectivity index (χ1n) is 6.84. The molecule has 0 radical (unpaired) electrons. The van der Waals surface area contributed by atoms with E-state index in [0.717, 1.165) is 11.4 Å². The first-order chi connectivity index (χ1) is 11.2. The molecule has 3 rings (SSSR count). The highest BCUT2D eigenvalue weighted by molar-refractivity contribution is 7.98. The molecular weight excluding hydrogens is 312 g/mol. The molecule has 116 valence electrons. The zero-order valence-electron chi connectivity index (χ0n) is 12.6. The van der Waals surface area contributed by atoms with Crippen molar-refractivity contribution in [3.05, 3.63) is 53.9 Å². The van der Waals surface area contributed by atoms with Crippen LogP contribution in [0.2, 0.25) is 0 Å². The highest BCUT2D eigenvalue weighted by Gasteiger charge is 2.10. The van der Waals surface area contributed by atoms with Crippen molar-refractivity contribution < 1.29 is 4.79 Å². The number of aryl methyl sites for hydroxylation is 1. The number of nitrogens with one attached hydrogen (secondary N) is 1. The van der Waals surface area contributed by atoms with Crippen molar-refractivity contribution in [1.29, 1.82) is 0 Å². The number of hydrogen-bond donors (Lipinski definition) is 1. The zero-order chi connectivity index (χ0) is 16.2. The van der Waals surface area contributed by atoms with Gasteiger partial charge in [0, 0.05) is 17.6 Å². The molecule has 8 heteroatoms. The Bertz CT molecular complexity index is 830. The van der Waals surface area contributed by atoms with Crippen LogP contribution in [-0.2, 0) is 0 Å². The minimum absolute atomic E-state index is 0.212. The van der Waals surface area contributed by atoms with Crippen molar-refractivity contribution in [3.63, 3.8) is 0 Å². The molecular formula is C15H14N6OS. The fourth-order valence-electron chi connectivity index (χ4n) is 1.99. The van der Waals surface area contributed by atoms with Crippen LogP contribution in [0.4, 0.5) is 5.69 Å². The number of tetrazole rings is 1. The minimum atomic E-state index is -0.212. The molecule has 0 saturated carbocycles. The zero-order valence-corrected chi connectivity index (χ0v) is 13.4. The number of hydrogen-bond acceptors (Lipinski definition) is 6. The molecule has 0 bridgehead atoms. The summed E-state index contributed by atoms with van der Waals surface area (Å²) in [5, 5.41) is 15.1. The molecule has 3 aromatic rings. The average molecular weight is 326 g/mol. The smallest absolute Gasteiger partial charge is 0.257 e. The van der Waals surface area contributed by atoms with Crippen LogP contribution < -0.4 is 5.32 Å². The summed E-state index contributed by atoms with van der Waals surface area (Å²) in [6.45, 7) is 1.88. The van der Waals surface area contributed by atoms with Crippen LogP contribution in [0, 0.1) is 6.92 Å². The van der Waals surface area contributed by atoms with Gasteiger partial charge in [0.15, 0.2) is 0 Å². The summed E-state index contributed by atoms with van der Waals surface area (Å²) < 4.78 is 1.62. The van der Waals surface area contributed by atoms with Gasteiger partial charge < -0.3 is 5.32 Å². The molecule has 0 atom stereocenters. The Hall–Kier alpha value is -2.74. The molecule has 1 amide bonds. The second-order valence-electron chi connectivity index (χ2n) is 4.77. The summed E-state index contributed by atoms with van der Waals surface area (Å²) in [7, 11) is 0. The summed E-state index contributed by atoms with van der Waals surface area (Å²) in [5.41, 5.74) is 2.81. The quantitative estimate of drug-likeness (QED) is 0.741. The van der Waals surface area contributed by atoms with Crippen LogP contribution in [0.1, 0.15) is 16.1 Å².